The molecule has 5 nitrogen and oxygen atoms in total. The van der Waals surface area contributed by atoms with Gasteiger partial charge in [0.05, 0.1) is 4.34 Å². The van der Waals surface area contributed by atoms with Gasteiger partial charge in [0, 0.05) is 23.3 Å². The van der Waals surface area contributed by atoms with Crippen molar-refractivity contribution in [3.63, 3.8) is 0 Å². The van der Waals surface area contributed by atoms with Gasteiger partial charge in [-0.1, -0.05) is 23.7 Å². The van der Waals surface area contributed by atoms with Crippen LogP contribution >= 0.6 is 22.9 Å². The van der Waals surface area contributed by atoms with E-state index in [-0.39, 0.29) is 5.95 Å². The van der Waals surface area contributed by atoms with Crippen LogP contribution in [0.5, 0.6) is 0 Å². The summed E-state index contributed by atoms with van der Waals surface area (Å²) in [6, 6.07) is 11.6. The molecule has 0 saturated carbocycles. The molecule has 7 heteroatoms. The van der Waals surface area contributed by atoms with Crippen molar-refractivity contribution >= 4 is 40.4 Å². The number of hydrogen-bond acceptors (Lipinski definition) is 6. The number of anilines is 3. The molecule has 0 bridgehead atoms. The highest BCUT2D eigenvalue weighted by Gasteiger charge is 2.30. The molecule has 3 aromatic rings. The molecule has 128 valence electrons. The Labute approximate surface area is 154 Å². The van der Waals surface area contributed by atoms with Crippen LogP contribution in [0.4, 0.5) is 17.5 Å². The molecule has 2 aromatic heterocycles. The number of fused-ring (bicyclic) bond motifs is 1. The molecule has 4 rings (SSSR count). The molecular formula is C18H17ClN4OS. The van der Waals surface area contributed by atoms with Crippen LogP contribution in [0, 0.1) is 0 Å². The zero-order valence-corrected chi connectivity index (χ0v) is 15.2. The van der Waals surface area contributed by atoms with Crippen molar-refractivity contribution in [1.29, 1.82) is 0 Å². The SMILES string of the molecule is CC(O)(c1ccc2c(c1)N(c1ccnc(N)n1)CC2)c1ccc(Cl)s1. The first-order valence-corrected chi connectivity index (χ1v) is 9.12. The molecule has 1 unspecified atom stereocenters. The van der Waals surface area contributed by atoms with Crippen molar-refractivity contribution in [3.05, 3.63) is 62.9 Å². The fourth-order valence-corrected chi connectivity index (χ4v) is 4.26. The molecular weight excluding hydrogens is 356 g/mol. The molecule has 1 aromatic carbocycles. The van der Waals surface area contributed by atoms with Gasteiger partial charge in [0.2, 0.25) is 5.95 Å². The Balaban J connectivity index is 1.76. The Morgan fingerprint density at radius 2 is 2.12 bits per heavy atom. The van der Waals surface area contributed by atoms with Crippen LogP contribution in [0.2, 0.25) is 4.34 Å². The van der Waals surface area contributed by atoms with Crippen LogP contribution in [0.15, 0.2) is 42.6 Å². The lowest BCUT2D eigenvalue weighted by molar-refractivity contribution is 0.106. The van der Waals surface area contributed by atoms with E-state index in [1.807, 2.05) is 24.3 Å². The normalized spacial score (nSPS) is 15.9. The van der Waals surface area contributed by atoms with E-state index in [4.69, 9.17) is 17.3 Å². The molecule has 0 saturated heterocycles. The van der Waals surface area contributed by atoms with Crippen molar-refractivity contribution < 1.29 is 5.11 Å². The number of nitrogen functional groups attached to an aromatic ring is 1. The minimum Gasteiger partial charge on any atom is -0.380 e. The number of aliphatic hydroxyl groups is 1. The van der Waals surface area contributed by atoms with Crippen LogP contribution < -0.4 is 10.6 Å². The lowest BCUT2D eigenvalue weighted by Crippen LogP contribution is -2.22. The number of halogens is 1. The Morgan fingerprint density at radius 3 is 2.84 bits per heavy atom. The number of aromatic nitrogens is 2. The molecule has 25 heavy (non-hydrogen) atoms. The molecule has 0 amide bonds. The van der Waals surface area contributed by atoms with Gasteiger partial charge in [-0.3, -0.25) is 0 Å². The second-order valence-electron chi connectivity index (χ2n) is 6.19. The standard InChI is InChI=1S/C18H17ClN4OS/c1-18(24,14-4-5-15(19)25-14)12-3-2-11-7-9-23(13(11)10-12)16-6-8-21-17(20)22-16/h2-6,8,10,24H,7,9H2,1H3,(H2,20,21,22). The van der Waals surface area contributed by atoms with E-state index in [1.54, 1.807) is 19.2 Å². The van der Waals surface area contributed by atoms with Gasteiger partial charge in [0.15, 0.2) is 0 Å². The summed E-state index contributed by atoms with van der Waals surface area (Å²) in [4.78, 5) is 11.2. The third-order valence-corrected chi connectivity index (χ3v) is 5.97. The third-order valence-electron chi connectivity index (χ3n) is 4.53. The summed E-state index contributed by atoms with van der Waals surface area (Å²) >= 11 is 7.43. The van der Waals surface area contributed by atoms with Crippen molar-refractivity contribution in [1.82, 2.24) is 9.97 Å². The van der Waals surface area contributed by atoms with Crippen molar-refractivity contribution in [2.75, 3.05) is 17.2 Å². The Bertz CT molecular complexity index is 940. The summed E-state index contributed by atoms with van der Waals surface area (Å²) in [6.07, 6.45) is 2.58. The maximum atomic E-state index is 11.1. The lowest BCUT2D eigenvalue weighted by atomic mass is 9.92. The van der Waals surface area contributed by atoms with Gasteiger partial charge < -0.3 is 15.7 Å². The number of nitrogens with two attached hydrogens (primary N) is 1. The summed E-state index contributed by atoms with van der Waals surface area (Å²) in [5.41, 5.74) is 7.70. The van der Waals surface area contributed by atoms with Gasteiger partial charge in [-0.15, -0.1) is 11.3 Å². The van der Waals surface area contributed by atoms with Crippen LogP contribution in [0.25, 0.3) is 0 Å². The fourth-order valence-electron chi connectivity index (χ4n) is 3.15. The first kappa shape index (κ1) is 16.3. The molecule has 1 aliphatic rings. The Kier molecular flexibility index (Phi) is 3.91. The minimum atomic E-state index is -1.11. The van der Waals surface area contributed by atoms with Gasteiger partial charge in [0.25, 0.3) is 0 Å². The van der Waals surface area contributed by atoms with Crippen LogP contribution in [0.3, 0.4) is 0 Å². The monoisotopic (exact) mass is 372 g/mol. The highest BCUT2D eigenvalue weighted by Crippen LogP contribution is 2.40. The zero-order valence-electron chi connectivity index (χ0n) is 13.6. The molecule has 3 heterocycles. The van der Waals surface area contributed by atoms with Gasteiger partial charge in [0.1, 0.15) is 11.4 Å². The van der Waals surface area contributed by atoms with E-state index in [0.717, 1.165) is 34.9 Å². The van der Waals surface area contributed by atoms with Crippen LogP contribution in [-0.4, -0.2) is 21.6 Å². The van der Waals surface area contributed by atoms with Gasteiger partial charge in [-0.25, -0.2) is 4.98 Å². The van der Waals surface area contributed by atoms with Gasteiger partial charge in [-0.2, -0.15) is 4.98 Å². The van der Waals surface area contributed by atoms with Gasteiger partial charge in [-0.05, 0) is 48.7 Å². The lowest BCUT2D eigenvalue weighted by Gasteiger charge is -2.25. The number of benzene rings is 1. The average molecular weight is 373 g/mol. The number of hydrogen-bond donors (Lipinski definition) is 2. The van der Waals surface area contributed by atoms with Crippen LogP contribution in [-0.2, 0) is 12.0 Å². The first-order valence-electron chi connectivity index (χ1n) is 7.93. The second kappa shape index (κ2) is 5.98. The predicted octanol–water partition coefficient (Wildman–Crippen LogP) is 3.72. The molecule has 0 radical (unpaired) electrons. The third kappa shape index (κ3) is 2.86. The van der Waals surface area contributed by atoms with E-state index in [2.05, 4.69) is 20.9 Å². The number of rotatable bonds is 3. The molecule has 1 atom stereocenters. The summed E-state index contributed by atoms with van der Waals surface area (Å²) in [5.74, 6) is 1.02. The van der Waals surface area contributed by atoms with Crippen LogP contribution in [0.1, 0.15) is 22.9 Å². The molecule has 3 N–H and O–H groups in total. The first-order chi connectivity index (χ1) is 11.9. The second-order valence-corrected chi connectivity index (χ2v) is 7.91. The molecule has 0 spiro atoms. The van der Waals surface area contributed by atoms with E-state index < -0.39 is 5.60 Å². The quantitative estimate of drug-likeness (QED) is 0.732. The number of thiophene rings is 1. The van der Waals surface area contributed by atoms with E-state index >= 15 is 0 Å². The highest BCUT2D eigenvalue weighted by atomic mass is 35.5. The highest BCUT2D eigenvalue weighted by molar-refractivity contribution is 7.16. The maximum Gasteiger partial charge on any atom is 0.221 e. The largest absolute Gasteiger partial charge is 0.380 e. The van der Waals surface area contributed by atoms with Crippen molar-refractivity contribution in [3.8, 4) is 0 Å². The smallest absolute Gasteiger partial charge is 0.221 e. The number of nitrogens with zero attached hydrogens (tertiary/aromatic N) is 3. The van der Waals surface area contributed by atoms with E-state index in [9.17, 15) is 5.11 Å². The Hall–Kier alpha value is -2.15. The zero-order chi connectivity index (χ0) is 17.6. The predicted molar refractivity (Wildman–Crippen MR) is 102 cm³/mol. The van der Waals surface area contributed by atoms with Crippen molar-refractivity contribution in [2.24, 2.45) is 0 Å². The van der Waals surface area contributed by atoms with Crippen molar-refractivity contribution in [2.45, 2.75) is 18.9 Å². The molecule has 0 aliphatic carbocycles. The maximum absolute atomic E-state index is 11.1. The van der Waals surface area contributed by atoms with E-state index in [0.29, 0.717) is 4.34 Å². The molecule has 0 fully saturated rings. The fraction of sp³-hybridized carbons (Fsp3) is 0.222. The summed E-state index contributed by atoms with van der Waals surface area (Å²) in [5, 5.41) is 11.1. The van der Waals surface area contributed by atoms with Gasteiger partial charge >= 0.3 is 0 Å². The topological polar surface area (TPSA) is 75.3 Å². The van der Waals surface area contributed by atoms with E-state index in [1.165, 1.54) is 16.9 Å². The summed E-state index contributed by atoms with van der Waals surface area (Å²) < 4.78 is 0.662. The minimum absolute atomic E-state index is 0.252. The summed E-state index contributed by atoms with van der Waals surface area (Å²) in [6.45, 7) is 2.61. The molecule has 1 aliphatic heterocycles. The Morgan fingerprint density at radius 1 is 1.28 bits per heavy atom. The summed E-state index contributed by atoms with van der Waals surface area (Å²) in [7, 11) is 0. The average Bonchev–Trinajstić information content (AvgIpc) is 3.20.